The van der Waals surface area contributed by atoms with Crippen LogP contribution in [0.5, 0.6) is 5.75 Å². The van der Waals surface area contributed by atoms with Gasteiger partial charge >= 0.3 is 0 Å². The van der Waals surface area contributed by atoms with Crippen molar-refractivity contribution in [2.75, 3.05) is 27.9 Å². The molecule has 1 atom stereocenters. The molecule has 0 aliphatic rings. The zero-order chi connectivity index (χ0) is 24.8. The summed E-state index contributed by atoms with van der Waals surface area (Å²) in [6.07, 6.45) is 1.56. The number of likely N-dealkylation sites (N-methyl/N-ethyl adjacent to an activating group) is 1. The number of aromatic nitrogens is 1. The number of hydrogen-bond acceptors (Lipinski definition) is 7. The molecule has 2 aromatic heterocycles. The van der Waals surface area contributed by atoms with Gasteiger partial charge in [0.25, 0.3) is 17.4 Å². The Labute approximate surface area is 205 Å². The molecule has 0 radical (unpaired) electrons. The molecule has 0 aliphatic heterocycles. The van der Waals surface area contributed by atoms with Gasteiger partial charge in [0, 0.05) is 49.4 Å². The lowest BCUT2D eigenvalue weighted by atomic mass is 10.00. The summed E-state index contributed by atoms with van der Waals surface area (Å²) in [4.78, 5) is 40.7. The smallest absolute Gasteiger partial charge is 0.270 e. The summed E-state index contributed by atoms with van der Waals surface area (Å²) in [6, 6.07) is 10.4. The van der Waals surface area contributed by atoms with Crippen molar-refractivity contribution in [2.24, 2.45) is 0 Å². The maximum atomic E-state index is 13.3. The molecule has 0 bridgehead atoms. The molecule has 1 aromatic carbocycles. The van der Waals surface area contributed by atoms with Gasteiger partial charge in [-0.25, -0.2) is 0 Å². The minimum atomic E-state index is -1.01. The maximum absolute atomic E-state index is 13.3. The number of carbonyl (C=O) groups is 2. The Morgan fingerprint density at radius 1 is 1.24 bits per heavy atom. The van der Waals surface area contributed by atoms with Crippen LogP contribution in [0.3, 0.4) is 0 Å². The zero-order valence-corrected chi connectivity index (χ0v) is 20.4. The van der Waals surface area contributed by atoms with Crippen molar-refractivity contribution in [1.29, 1.82) is 5.26 Å². The van der Waals surface area contributed by atoms with E-state index in [1.54, 1.807) is 35.7 Å². The third-order valence-electron chi connectivity index (χ3n) is 5.24. The number of amides is 2. The highest BCUT2D eigenvalue weighted by Gasteiger charge is 2.30. The van der Waals surface area contributed by atoms with Crippen LogP contribution in [0.1, 0.15) is 27.7 Å². The lowest BCUT2D eigenvalue weighted by molar-refractivity contribution is -0.131. The van der Waals surface area contributed by atoms with E-state index >= 15 is 0 Å². The van der Waals surface area contributed by atoms with Crippen LogP contribution in [0.4, 0.5) is 0 Å². The Balaban J connectivity index is 2.08. The predicted molar refractivity (Wildman–Crippen MR) is 129 cm³/mol. The lowest BCUT2D eigenvalue weighted by Crippen LogP contribution is -2.41. The average molecular weight is 500 g/mol. The van der Waals surface area contributed by atoms with E-state index in [-0.39, 0.29) is 18.8 Å². The number of benzene rings is 1. The minimum Gasteiger partial charge on any atom is -0.495 e. The van der Waals surface area contributed by atoms with Gasteiger partial charge in [-0.05, 0) is 29.6 Å². The zero-order valence-electron chi connectivity index (χ0n) is 18.8. The second-order valence-corrected chi connectivity index (χ2v) is 8.66. The van der Waals surface area contributed by atoms with Gasteiger partial charge in [-0.3, -0.25) is 23.9 Å². The maximum Gasteiger partial charge on any atom is 0.270 e. The van der Waals surface area contributed by atoms with E-state index in [0.717, 1.165) is 4.90 Å². The summed E-state index contributed by atoms with van der Waals surface area (Å²) >= 11 is 7.34. The van der Waals surface area contributed by atoms with E-state index in [4.69, 9.17) is 21.1 Å². The van der Waals surface area contributed by atoms with Crippen molar-refractivity contribution in [3.63, 3.8) is 0 Å². The number of hydrogen-bond donors (Lipinski definition) is 0. The highest BCUT2D eigenvalue weighted by atomic mass is 35.5. The van der Waals surface area contributed by atoms with Crippen LogP contribution < -0.4 is 10.3 Å². The van der Waals surface area contributed by atoms with Gasteiger partial charge < -0.3 is 9.47 Å². The molecule has 10 heteroatoms. The third kappa shape index (κ3) is 5.20. The molecule has 3 aromatic rings. The highest BCUT2D eigenvalue weighted by Crippen LogP contribution is 2.33. The molecule has 8 nitrogen and oxygen atoms in total. The van der Waals surface area contributed by atoms with E-state index in [2.05, 4.69) is 6.07 Å². The summed E-state index contributed by atoms with van der Waals surface area (Å²) in [5, 5.41) is 11.6. The quantitative estimate of drug-likeness (QED) is 0.464. The van der Waals surface area contributed by atoms with Crippen molar-refractivity contribution >= 4 is 34.8 Å². The van der Waals surface area contributed by atoms with Crippen molar-refractivity contribution in [3.8, 4) is 22.9 Å². The number of halogens is 1. The molecular weight excluding hydrogens is 478 g/mol. The van der Waals surface area contributed by atoms with E-state index in [0.29, 0.717) is 26.6 Å². The molecule has 0 spiro atoms. The number of pyridine rings is 1. The molecular formula is C24H22ClN3O5S. The molecule has 3 rings (SSSR count). The van der Waals surface area contributed by atoms with Crippen LogP contribution in [-0.2, 0) is 9.53 Å². The molecule has 0 saturated heterocycles. The molecule has 0 fully saturated rings. The molecule has 0 aliphatic carbocycles. The summed E-state index contributed by atoms with van der Waals surface area (Å²) in [5.74, 6) is -0.759. The molecule has 0 saturated carbocycles. The summed E-state index contributed by atoms with van der Waals surface area (Å²) in [7, 11) is 4.28. The first kappa shape index (κ1) is 25.2. The van der Waals surface area contributed by atoms with Crippen molar-refractivity contribution in [1.82, 2.24) is 9.47 Å². The molecule has 2 heterocycles. The van der Waals surface area contributed by atoms with Crippen LogP contribution in [-0.4, -0.2) is 49.2 Å². The van der Waals surface area contributed by atoms with E-state index in [9.17, 15) is 19.6 Å². The van der Waals surface area contributed by atoms with Crippen molar-refractivity contribution in [3.05, 3.63) is 73.8 Å². The summed E-state index contributed by atoms with van der Waals surface area (Å²) in [6.45, 7) is 0.181. The fourth-order valence-corrected chi connectivity index (χ4v) is 4.35. The predicted octanol–water partition coefficient (Wildman–Crippen LogP) is 3.99. The molecule has 0 N–H and O–H groups in total. The van der Waals surface area contributed by atoms with Crippen LogP contribution in [0, 0.1) is 11.3 Å². The summed E-state index contributed by atoms with van der Waals surface area (Å²) in [5.41, 5.74) is 0.601. The average Bonchev–Trinajstić information content (AvgIpc) is 3.38. The first-order valence-corrected chi connectivity index (χ1v) is 11.4. The van der Waals surface area contributed by atoms with Gasteiger partial charge in [-0.2, -0.15) is 5.26 Å². The number of rotatable bonds is 8. The summed E-state index contributed by atoms with van der Waals surface area (Å²) < 4.78 is 11.9. The van der Waals surface area contributed by atoms with Gasteiger partial charge in [0.1, 0.15) is 11.8 Å². The van der Waals surface area contributed by atoms with Gasteiger partial charge in [0.05, 0.1) is 29.8 Å². The van der Waals surface area contributed by atoms with E-state index in [1.165, 1.54) is 49.4 Å². The van der Waals surface area contributed by atoms with Gasteiger partial charge in [-0.15, -0.1) is 11.3 Å². The van der Waals surface area contributed by atoms with Crippen LogP contribution >= 0.6 is 22.9 Å². The van der Waals surface area contributed by atoms with Crippen molar-refractivity contribution < 1.29 is 19.1 Å². The number of imide groups is 1. The Morgan fingerprint density at radius 2 is 2.00 bits per heavy atom. The van der Waals surface area contributed by atoms with E-state index < -0.39 is 23.4 Å². The number of nitrogens with zero attached hydrogens (tertiary/aromatic N) is 3. The van der Waals surface area contributed by atoms with Gasteiger partial charge in [0.15, 0.2) is 0 Å². The second-order valence-electron chi connectivity index (χ2n) is 7.28. The molecule has 2 amide bonds. The van der Waals surface area contributed by atoms with Crippen LogP contribution in [0.25, 0.3) is 11.1 Å². The van der Waals surface area contributed by atoms with Crippen molar-refractivity contribution in [2.45, 2.75) is 12.5 Å². The van der Waals surface area contributed by atoms with Gasteiger partial charge in [0.2, 0.25) is 0 Å². The van der Waals surface area contributed by atoms with Gasteiger partial charge in [-0.1, -0.05) is 17.7 Å². The number of ether oxygens (including phenoxy) is 2. The fraction of sp³-hybridized carbons (Fsp3) is 0.250. The topological polar surface area (TPSA) is 102 Å². The van der Waals surface area contributed by atoms with Crippen LogP contribution in [0.15, 0.2) is 52.8 Å². The molecule has 1 unspecified atom stereocenters. The number of nitriles is 1. The normalized spacial score (nSPS) is 11.5. The Kier molecular flexibility index (Phi) is 8.23. The first-order chi connectivity index (χ1) is 16.3. The fourth-order valence-electron chi connectivity index (χ4n) is 3.48. The van der Waals surface area contributed by atoms with Crippen LogP contribution in [0.2, 0.25) is 5.02 Å². The molecule has 34 heavy (non-hydrogen) atoms. The second kappa shape index (κ2) is 11.1. The lowest BCUT2D eigenvalue weighted by Gasteiger charge is -2.25. The largest absolute Gasteiger partial charge is 0.495 e. The monoisotopic (exact) mass is 499 g/mol. The standard InChI is InChI=1S/C24H22ClN3O5S/c1-27(24(31)21-5-4-10-34-21)23(30)19(8-9-32-2)28-14-20(33-3)18(12-22(28)29)17-11-16(25)7-6-15(17)13-26/h4-7,10-12,14,19H,8-9H2,1-3H3. The third-order valence-corrected chi connectivity index (χ3v) is 6.33. The number of carbonyl (C=O) groups excluding carboxylic acids is 2. The minimum absolute atomic E-state index is 0.153. The number of methoxy groups -OCH3 is 2. The molecule has 176 valence electrons. The SMILES string of the molecule is COCCC(C(=O)N(C)C(=O)c1cccs1)n1cc(OC)c(-c2cc(Cl)ccc2C#N)cc1=O. The Bertz CT molecular complexity index is 1300. The Morgan fingerprint density at radius 3 is 2.62 bits per heavy atom. The highest BCUT2D eigenvalue weighted by molar-refractivity contribution is 7.12. The number of thiophene rings is 1. The first-order valence-electron chi connectivity index (χ1n) is 10.2. The Hall–Kier alpha value is -3.45. The van der Waals surface area contributed by atoms with E-state index in [1.807, 2.05) is 0 Å².